The average molecular weight is 628 g/mol. The standard InChI is InChI=1S/C46H29NS/c1-2-13-34(14-3-1)47(43-20-10-19-40-41-28-25-31-12-5-7-16-37(31)45(41)48-46(40)43)35-26-23-32(24-27-35)42-29-33-22-21-30-11-4-6-15-36(30)44(33)39-18-9-8-17-38(39)42/h1-29H. The minimum Gasteiger partial charge on any atom is -0.309 e. The molecule has 0 amide bonds. The van der Waals surface area contributed by atoms with Gasteiger partial charge in [-0.2, -0.15) is 0 Å². The average Bonchev–Trinajstić information content (AvgIpc) is 3.55. The number of fused-ring (bicyclic) bond motifs is 10. The van der Waals surface area contributed by atoms with E-state index in [1.54, 1.807) is 0 Å². The highest BCUT2D eigenvalue weighted by Crippen LogP contribution is 2.47. The Hall–Kier alpha value is -5.96. The fourth-order valence-electron chi connectivity index (χ4n) is 7.60. The molecule has 0 saturated carbocycles. The lowest BCUT2D eigenvalue weighted by Gasteiger charge is -2.26. The van der Waals surface area contributed by atoms with Crippen LogP contribution in [0.1, 0.15) is 0 Å². The first-order valence-corrected chi connectivity index (χ1v) is 17.3. The molecular formula is C46H29NS. The van der Waals surface area contributed by atoms with E-state index >= 15 is 0 Å². The van der Waals surface area contributed by atoms with Gasteiger partial charge in [-0.15, -0.1) is 11.3 Å². The highest BCUT2D eigenvalue weighted by atomic mass is 32.1. The van der Waals surface area contributed by atoms with Crippen LogP contribution in [0.3, 0.4) is 0 Å². The normalized spacial score (nSPS) is 11.8. The molecule has 0 aliphatic rings. The van der Waals surface area contributed by atoms with Crippen LogP contribution < -0.4 is 4.90 Å². The van der Waals surface area contributed by atoms with Crippen LogP contribution in [0.5, 0.6) is 0 Å². The van der Waals surface area contributed by atoms with E-state index in [2.05, 4.69) is 181 Å². The second kappa shape index (κ2) is 10.8. The van der Waals surface area contributed by atoms with Gasteiger partial charge in [0.05, 0.1) is 10.4 Å². The molecule has 9 aromatic carbocycles. The van der Waals surface area contributed by atoms with Gasteiger partial charge in [-0.25, -0.2) is 0 Å². The minimum absolute atomic E-state index is 1.14. The quantitative estimate of drug-likeness (QED) is 0.176. The van der Waals surface area contributed by atoms with Crippen molar-refractivity contribution in [3.05, 3.63) is 176 Å². The Morgan fingerprint density at radius 1 is 0.354 bits per heavy atom. The Bertz CT molecular complexity index is 2830. The van der Waals surface area contributed by atoms with Crippen LogP contribution in [0.15, 0.2) is 176 Å². The minimum atomic E-state index is 1.14. The van der Waals surface area contributed by atoms with Crippen molar-refractivity contribution in [3.8, 4) is 11.1 Å². The summed E-state index contributed by atoms with van der Waals surface area (Å²) in [6.45, 7) is 0. The van der Waals surface area contributed by atoms with Gasteiger partial charge in [0.25, 0.3) is 0 Å². The Labute approximate surface area is 282 Å². The molecule has 0 unspecified atom stereocenters. The molecule has 0 spiro atoms. The molecule has 0 saturated heterocycles. The van der Waals surface area contributed by atoms with Crippen LogP contribution >= 0.6 is 11.3 Å². The Kier molecular flexibility index (Phi) is 6.12. The van der Waals surface area contributed by atoms with Crippen molar-refractivity contribution in [2.45, 2.75) is 0 Å². The Morgan fingerprint density at radius 2 is 0.938 bits per heavy atom. The third-order valence-corrected chi connectivity index (χ3v) is 11.1. The van der Waals surface area contributed by atoms with Crippen molar-refractivity contribution in [1.82, 2.24) is 0 Å². The van der Waals surface area contributed by atoms with E-state index in [1.807, 2.05) is 11.3 Å². The maximum absolute atomic E-state index is 2.41. The number of benzene rings is 9. The number of nitrogens with zero attached hydrogens (tertiary/aromatic N) is 1. The second-order valence-electron chi connectivity index (χ2n) is 12.5. The molecular weight excluding hydrogens is 599 g/mol. The van der Waals surface area contributed by atoms with Crippen molar-refractivity contribution in [2.75, 3.05) is 4.90 Å². The smallest absolute Gasteiger partial charge is 0.0640 e. The maximum atomic E-state index is 2.41. The summed E-state index contributed by atoms with van der Waals surface area (Å²) in [7, 11) is 0. The first-order chi connectivity index (χ1) is 23.8. The van der Waals surface area contributed by atoms with E-state index in [-0.39, 0.29) is 0 Å². The zero-order chi connectivity index (χ0) is 31.6. The van der Waals surface area contributed by atoms with E-state index in [0.717, 1.165) is 11.4 Å². The molecule has 0 atom stereocenters. The summed E-state index contributed by atoms with van der Waals surface area (Å²) in [6.07, 6.45) is 0. The van der Waals surface area contributed by atoms with Gasteiger partial charge in [-0.1, -0.05) is 140 Å². The zero-order valence-electron chi connectivity index (χ0n) is 26.1. The largest absolute Gasteiger partial charge is 0.309 e. The predicted molar refractivity (Wildman–Crippen MR) is 209 cm³/mol. The lowest BCUT2D eigenvalue weighted by Crippen LogP contribution is -2.09. The van der Waals surface area contributed by atoms with Crippen LogP contribution in [0.25, 0.3) is 74.4 Å². The number of thiophene rings is 1. The molecule has 0 N–H and O–H groups in total. The van der Waals surface area contributed by atoms with Crippen LogP contribution in [0.4, 0.5) is 17.1 Å². The van der Waals surface area contributed by atoms with Crippen molar-refractivity contribution in [3.63, 3.8) is 0 Å². The highest BCUT2D eigenvalue weighted by Gasteiger charge is 2.19. The molecule has 0 radical (unpaired) electrons. The summed E-state index contributed by atoms with van der Waals surface area (Å²) in [6, 6.07) is 64.3. The summed E-state index contributed by atoms with van der Waals surface area (Å²) in [4.78, 5) is 2.41. The van der Waals surface area contributed by atoms with E-state index in [4.69, 9.17) is 0 Å². The van der Waals surface area contributed by atoms with Crippen LogP contribution in [0.2, 0.25) is 0 Å². The molecule has 1 heterocycles. The summed E-state index contributed by atoms with van der Waals surface area (Å²) >= 11 is 1.90. The first kappa shape index (κ1) is 27.2. The monoisotopic (exact) mass is 627 g/mol. The van der Waals surface area contributed by atoms with E-state index < -0.39 is 0 Å². The molecule has 0 bridgehead atoms. The Morgan fingerprint density at radius 3 is 1.75 bits per heavy atom. The molecule has 10 rings (SSSR count). The van der Waals surface area contributed by atoms with Gasteiger partial charge in [0.15, 0.2) is 0 Å². The summed E-state index contributed by atoms with van der Waals surface area (Å²) in [5.41, 5.74) is 5.94. The Balaban J connectivity index is 1.16. The summed E-state index contributed by atoms with van der Waals surface area (Å²) in [5, 5.41) is 12.9. The van der Waals surface area contributed by atoms with Crippen molar-refractivity contribution in [2.24, 2.45) is 0 Å². The van der Waals surface area contributed by atoms with Crippen LogP contribution in [0, 0.1) is 0 Å². The summed E-state index contributed by atoms with van der Waals surface area (Å²) in [5.74, 6) is 0. The predicted octanol–water partition coefficient (Wildman–Crippen LogP) is 13.8. The molecule has 0 fully saturated rings. The van der Waals surface area contributed by atoms with E-state index in [0.29, 0.717) is 0 Å². The van der Waals surface area contributed by atoms with Crippen LogP contribution in [-0.4, -0.2) is 0 Å². The van der Waals surface area contributed by atoms with Gasteiger partial charge >= 0.3 is 0 Å². The number of para-hydroxylation sites is 1. The topological polar surface area (TPSA) is 3.24 Å². The first-order valence-electron chi connectivity index (χ1n) is 16.4. The van der Waals surface area contributed by atoms with Gasteiger partial charge in [0, 0.05) is 26.8 Å². The molecule has 1 nitrogen and oxygen atoms in total. The molecule has 10 aromatic rings. The molecule has 0 aliphatic carbocycles. The lowest BCUT2D eigenvalue weighted by atomic mass is 9.91. The van der Waals surface area contributed by atoms with E-state index in [9.17, 15) is 0 Å². The highest BCUT2D eigenvalue weighted by molar-refractivity contribution is 7.27. The summed E-state index contributed by atoms with van der Waals surface area (Å²) < 4.78 is 2.64. The SMILES string of the molecule is c1ccc(N(c2ccc(-c3cc4ccc5ccccc5c4c4ccccc34)cc2)c2cccc3c2sc2c4ccccc4ccc32)cc1. The third-order valence-electron chi connectivity index (χ3n) is 9.81. The lowest BCUT2D eigenvalue weighted by molar-refractivity contribution is 1.30. The van der Waals surface area contributed by atoms with Gasteiger partial charge in [-0.3, -0.25) is 0 Å². The molecule has 48 heavy (non-hydrogen) atoms. The molecule has 0 aliphatic heterocycles. The third kappa shape index (κ3) is 4.17. The van der Waals surface area contributed by atoms with Gasteiger partial charge in [0.2, 0.25) is 0 Å². The molecule has 2 heteroatoms. The fraction of sp³-hybridized carbons (Fsp3) is 0. The van der Waals surface area contributed by atoms with Gasteiger partial charge in [-0.05, 0) is 90.6 Å². The van der Waals surface area contributed by atoms with Crippen molar-refractivity contribution in [1.29, 1.82) is 0 Å². The maximum Gasteiger partial charge on any atom is 0.0640 e. The van der Waals surface area contributed by atoms with E-state index in [1.165, 1.54) is 80.1 Å². The fourth-order valence-corrected chi connectivity index (χ4v) is 8.94. The van der Waals surface area contributed by atoms with Gasteiger partial charge < -0.3 is 4.90 Å². The van der Waals surface area contributed by atoms with Crippen LogP contribution in [-0.2, 0) is 0 Å². The van der Waals surface area contributed by atoms with Crippen molar-refractivity contribution >= 4 is 91.7 Å². The molecule has 1 aromatic heterocycles. The number of hydrogen-bond acceptors (Lipinski definition) is 2. The molecule has 224 valence electrons. The van der Waals surface area contributed by atoms with Gasteiger partial charge in [0.1, 0.15) is 0 Å². The number of anilines is 3. The zero-order valence-corrected chi connectivity index (χ0v) is 26.9. The number of hydrogen-bond donors (Lipinski definition) is 0. The van der Waals surface area contributed by atoms with Crippen molar-refractivity contribution < 1.29 is 0 Å². The number of rotatable bonds is 4. The second-order valence-corrected chi connectivity index (χ2v) is 13.5.